The number of para-hydroxylation sites is 1. The molecule has 1 unspecified atom stereocenters. The molecule has 4 nitrogen and oxygen atoms in total. The zero-order valence-corrected chi connectivity index (χ0v) is 11.0. The van der Waals surface area contributed by atoms with Crippen LogP contribution in [0, 0.1) is 0 Å². The molecule has 0 saturated carbocycles. The van der Waals surface area contributed by atoms with Crippen molar-refractivity contribution in [1.82, 2.24) is 4.68 Å². The molecule has 19 heavy (non-hydrogen) atoms. The topological polar surface area (TPSA) is 39.3 Å². The lowest BCUT2D eigenvalue weighted by molar-refractivity contribution is 0.405. The summed E-state index contributed by atoms with van der Waals surface area (Å²) in [6.45, 7) is 2.06. The van der Waals surface area contributed by atoms with Gasteiger partial charge in [-0.3, -0.25) is 4.68 Å². The summed E-state index contributed by atoms with van der Waals surface area (Å²) in [5.41, 5.74) is 4.11. The summed E-state index contributed by atoms with van der Waals surface area (Å²) >= 11 is 0. The predicted molar refractivity (Wildman–Crippen MR) is 75.0 cm³/mol. The summed E-state index contributed by atoms with van der Waals surface area (Å²) in [7, 11) is 1.65. The van der Waals surface area contributed by atoms with Crippen molar-refractivity contribution < 1.29 is 9.15 Å². The number of nitrogens with zero attached hydrogens (tertiary/aromatic N) is 1. The Bertz CT molecular complexity index is 671. The van der Waals surface area contributed by atoms with Crippen LogP contribution in [-0.2, 0) is 0 Å². The van der Waals surface area contributed by atoms with Gasteiger partial charge in [-0.05, 0) is 31.2 Å². The smallest absolute Gasteiger partial charge is 0.176 e. The molecular formula is C15H16N2O2. The molecule has 1 atom stereocenters. The van der Waals surface area contributed by atoms with Gasteiger partial charge in [0.15, 0.2) is 11.3 Å². The molecule has 1 aromatic carbocycles. The van der Waals surface area contributed by atoms with E-state index in [0.717, 1.165) is 22.5 Å². The first kappa shape index (κ1) is 11.7. The van der Waals surface area contributed by atoms with E-state index in [1.165, 1.54) is 0 Å². The number of hydrogen-bond acceptors (Lipinski definition) is 3. The van der Waals surface area contributed by atoms with E-state index in [4.69, 9.17) is 9.15 Å². The minimum atomic E-state index is 0.0736. The van der Waals surface area contributed by atoms with Crippen molar-refractivity contribution in [2.75, 3.05) is 12.5 Å². The van der Waals surface area contributed by atoms with E-state index < -0.39 is 0 Å². The second-order valence-electron chi connectivity index (χ2n) is 4.47. The molecule has 0 saturated heterocycles. The Balaban J connectivity index is 1.92. The number of aromatic nitrogens is 1. The fourth-order valence-electron chi connectivity index (χ4n) is 2.14. The molecule has 0 aliphatic heterocycles. The Morgan fingerprint density at radius 2 is 2.00 bits per heavy atom. The minimum absolute atomic E-state index is 0.0736. The summed E-state index contributed by atoms with van der Waals surface area (Å²) in [6.07, 6.45) is 3.92. The molecule has 1 N–H and O–H groups in total. The Morgan fingerprint density at radius 1 is 1.21 bits per heavy atom. The maximum absolute atomic E-state index is 5.90. The van der Waals surface area contributed by atoms with Crippen molar-refractivity contribution in [2.24, 2.45) is 0 Å². The van der Waals surface area contributed by atoms with Gasteiger partial charge in [0.1, 0.15) is 5.76 Å². The van der Waals surface area contributed by atoms with E-state index in [1.54, 1.807) is 7.11 Å². The summed E-state index contributed by atoms with van der Waals surface area (Å²) < 4.78 is 13.1. The van der Waals surface area contributed by atoms with Crippen molar-refractivity contribution in [3.63, 3.8) is 0 Å². The maximum Gasteiger partial charge on any atom is 0.176 e. The number of methoxy groups -OCH3 is 1. The highest BCUT2D eigenvalue weighted by molar-refractivity contribution is 5.83. The highest BCUT2D eigenvalue weighted by Gasteiger charge is 2.13. The van der Waals surface area contributed by atoms with Gasteiger partial charge in [-0.2, -0.15) is 0 Å². The standard InChI is InChI=1S/C15H16N2O2/c1-11(16-17-8-3-4-9-17)14-10-12-6-5-7-13(18-2)15(12)19-14/h3-11,16H,1-2H3. The number of fused-ring (bicyclic) bond motifs is 1. The highest BCUT2D eigenvalue weighted by Crippen LogP contribution is 2.31. The van der Waals surface area contributed by atoms with Gasteiger partial charge in [0.25, 0.3) is 0 Å². The monoisotopic (exact) mass is 256 g/mol. The van der Waals surface area contributed by atoms with Crippen LogP contribution in [0.4, 0.5) is 0 Å². The third kappa shape index (κ3) is 2.17. The Hall–Kier alpha value is -2.36. The molecule has 0 spiro atoms. The van der Waals surface area contributed by atoms with Gasteiger partial charge in [-0.25, -0.2) is 0 Å². The van der Waals surface area contributed by atoms with Gasteiger partial charge in [-0.1, -0.05) is 12.1 Å². The van der Waals surface area contributed by atoms with E-state index in [-0.39, 0.29) is 6.04 Å². The van der Waals surface area contributed by atoms with Crippen LogP contribution in [0.3, 0.4) is 0 Å². The average molecular weight is 256 g/mol. The number of furan rings is 1. The zero-order chi connectivity index (χ0) is 13.2. The molecule has 98 valence electrons. The van der Waals surface area contributed by atoms with Crippen molar-refractivity contribution in [1.29, 1.82) is 0 Å². The third-order valence-electron chi connectivity index (χ3n) is 3.12. The normalized spacial score (nSPS) is 12.5. The van der Waals surface area contributed by atoms with Crippen molar-refractivity contribution in [2.45, 2.75) is 13.0 Å². The first-order valence-corrected chi connectivity index (χ1v) is 6.24. The molecule has 4 heteroatoms. The van der Waals surface area contributed by atoms with E-state index in [9.17, 15) is 0 Å². The lowest BCUT2D eigenvalue weighted by Crippen LogP contribution is -2.16. The van der Waals surface area contributed by atoms with Crippen molar-refractivity contribution in [3.8, 4) is 5.75 Å². The lowest BCUT2D eigenvalue weighted by atomic mass is 10.2. The van der Waals surface area contributed by atoms with Crippen LogP contribution in [0.25, 0.3) is 11.0 Å². The van der Waals surface area contributed by atoms with Crippen molar-refractivity contribution in [3.05, 3.63) is 54.6 Å². The second-order valence-corrected chi connectivity index (χ2v) is 4.47. The molecule has 0 amide bonds. The second kappa shape index (κ2) is 4.72. The molecular weight excluding hydrogens is 240 g/mol. The number of hydrogen-bond donors (Lipinski definition) is 1. The van der Waals surface area contributed by atoms with E-state index >= 15 is 0 Å². The summed E-state index contributed by atoms with van der Waals surface area (Å²) in [4.78, 5) is 0. The summed E-state index contributed by atoms with van der Waals surface area (Å²) in [5, 5.41) is 1.05. The van der Waals surface area contributed by atoms with Gasteiger partial charge in [0.2, 0.25) is 0 Å². The Labute approximate surface area is 111 Å². The molecule has 0 aliphatic carbocycles. The van der Waals surface area contributed by atoms with Gasteiger partial charge in [0, 0.05) is 17.8 Å². The maximum atomic E-state index is 5.90. The average Bonchev–Trinajstić information content (AvgIpc) is 3.06. The molecule has 0 radical (unpaired) electrons. The Kier molecular flexibility index (Phi) is 2.91. The first-order chi connectivity index (χ1) is 9.28. The van der Waals surface area contributed by atoms with E-state index in [2.05, 4.69) is 12.3 Å². The van der Waals surface area contributed by atoms with Crippen LogP contribution >= 0.6 is 0 Å². The van der Waals surface area contributed by atoms with E-state index in [0.29, 0.717) is 0 Å². The Morgan fingerprint density at radius 3 is 2.74 bits per heavy atom. The quantitative estimate of drug-likeness (QED) is 0.776. The zero-order valence-electron chi connectivity index (χ0n) is 11.0. The molecule has 0 aliphatic rings. The van der Waals surface area contributed by atoms with Gasteiger partial charge < -0.3 is 14.6 Å². The van der Waals surface area contributed by atoms with Crippen LogP contribution in [0.1, 0.15) is 18.7 Å². The number of nitrogens with one attached hydrogen (secondary N) is 1. The fraction of sp³-hybridized carbons (Fsp3) is 0.200. The first-order valence-electron chi connectivity index (χ1n) is 6.24. The minimum Gasteiger partial charge on any atom is -0.493 e. The molecule has 3 aromatic rings. The molecule has 0 fully saturated rings. The van der Waals surface area contributed by atoms with Crippen LogP contribution in [-0.4, -0.2) is 11.8 Å². The predicted octanol–water partition coefficient (Wildman–Crippen LogP) is 3.55. The molecule has 0 bridgehead atoms. The third-order valence-corrected chi connectivity index (χ3v) is 3.12. The highest BCUT2D eigenvalue weighted by atomic mass is 16.5. The SMILES string of the molecule is COc1cccc2cc(C(C)Nn3cccc3)oc12. The largest absolute Gasteiger partial charge is 0.493 e. The summed E-state index contributed by atoms with van der Waals surface area (Å²) in [6, 6.07) is 11.9. The van der Waals surface area contributed by atoms with Crippen molar-refractivity contribution >= 4 is 11.0 Å². The molecule has 3 rings (SSSR count). The van der Waals surface area contributed by atoms with Gasteiger partial charge in [-0.15, -0.1) is 0 Å². The fourth-order valence-corrected chi connectivity index (χ4v) is 2.14. The van der Waals surface area contributed by atoms with Crippen LogP contribution < -0.4 is 10.2 Å². The summed E-state index contributed by atoms with van der Waals surface area (Å²) in [5.74, 6) is 1.64. The lowest BCUT2D eigenvalue weighted by Gasteiger charge is -2.13. The van der Waals surface area contributed by atoms with Crippen LogP contribution in [0.15, 0.2) is 53.2 Å². The number of ether oxygens (including phenoxy) is 1. The molecule has 2 aromatic heterocycles. The van der Waals surface area contributed by atoms with E-state index in [1.807, 2.05) is 53.5 Å². The van der Waals surface area contributed by atoms with Gasteiger partial charge >= 0.3 is 0 Å². The number of benzene rings is 1. The van der Waals surface area contributed by atoms with Crippen LogP contribution in [0.5, 0.6) is 5.75 Å². The van der Waals surface area contributed by atoms with Crippen LogP contribution in [0.2, 0.25) is 0 Å². The number of rotatable bonds is 4. The van der Waals surface area contributed by atoms with Gasteiger partial charge in [0.05, 0.1) is 13.2 Å². The molecule has 2 heterocycles.